The number of thiazole rings is 1. The maximum Gasteiger partial charge on any atom is 0.258 e. The summed E-state index contributed by atoms with van der Waals surface area (Å²) in [5.41, 5.74) is 3.09. The Morgan fingerprint density at radius 2 is 1.73 bits per heavy atom. The molecule has 0 fully saturated rings. The van der Waals surface area contributed by atoms with Crippen LogP contribution in [-0.4, -0.2) is 16.8 Å². The van der Waals surface area contributed by atoms with Crippen LogP contribution in [0.25, 0.3) is 10.2 Å². The molecular formula is C23H18FN3O2S. The number of benzene rings is 3. The second-order valence-electron chi connectivity index (χ2n) is 6.83. The van der Waals surface area contributed by atoms with E-state index in [1.807, 2.05) is 19.1 Å². The number of carbonyl (C=O) groups excluding carboxylic acids is 2. The van der Waals surface area contributed by atoms with Crippen molar-refractivity contribution in [2.45, 2.75) is 13.8 Å². The topological polar surface area (TPSA) is 71.1 Å². The predicted molar refractivity (Wildman–Crippen MR) is 118 cm³/mol. The minimum atomic E-state index is -0.602. The third-order valence-electron chi connectivity index (χ3n) is 4.62. The lowest BCUT2D eigenvalue weighted by molar-refractivity contribution is 0.101. The van der Waals surface area contributed by atoms with E-state index in [0.29, 0.717) is 16.9 Å². The summed E-state index contributed by atoms with van der Waals surface area (Å²) in [6, 6.07) is 16.3. The van der Waals surface area contributed by atoms with Gasteiger partial charge in [0, 0.05) is 16.9 Å². The summed E-state index contributed by atoms with van der Waals surface area (Å²) in [5.74, 6) is -1.48. The molecule has 30 heavy (non-hydrogen) atoms. The van der Waals surface area contributed by atoms with E-state index >= 15 is 0 Å². The van der Waals surface area contributed by atoms with Gasteiger partial charge < -0.3 is 10.6 Å². The van der Waals surface area contributed by atoms with Crippen molar-refractivity contribution in [3.63, 3.8) is 0 Å². The zero-order valence-electron chi connectivity index (χ0n) is 16.3. The van der Waals surface area contributed by atoms with Gasteiger partial charge in [-0.2, -0.15) is 0 Å². The third kappa shape index (κ3) is 4.06. The fourth-order valence-electron chi connectivity index (χ4n) is 3.05. The molecule has 0 unspecified atom stereocenters. The van der Waals surface area contributed by atoms with Gasteiger partial charge in [0.05, 0.1) is 20.8 Å². The molecule has 0 saturated carbocycles. The van der Waals surface area contributed by atoms with E-state index in [9.17, 15) is 14.0 Å². The fourth-order valence-corrected chi connectivity index (χ4v) is 3.92. The number of carbonyl (C=O) groups is 2. The smallest absolute Gasteiger partial charge is 0.258 e. The van der Waals surface area contributed by atoms with E-state index in [4.69, 9.17) is 0 Å². The van der Waals surface area contributed by atoms with Crippen LogP contribution in [0, 0.1) is 19.7 Å². The Labute approximate surface area is 176 Å². The molecule has 2 N–H and O–H groups in total. The number of nitrogens with zero attached hydrogens (tertiary/aromatic N) is 1. The zero-order valence-corrected chi connectivity index (χ0v) is 17.1. The monoisotopic (exact) mass is 419 g/mol. The molecule has 2 amide bonds. The van der Waals surface area contributed by atoms with Crippen molar-refractivity contribution in [3.8, 4) is 0 Å². The van der Waals surface area contributed by atoms with Gasteiger partial charge in [0.15, 0.2) is 0 Å². The highest BCUT2D eigenvalue weighted by Gasteiger charge is 2.14. The van der Waals surface area contributed by atoms with E-state index < -0.39 is 11.7 Å². The van der Waals surface area contributed by atoms with Gasteiger partial charge in [-0.15, -0.1) is 11.3 Å². The Morgan fingerprint density at radius 1 is 0.933 bits per heavy atom. The number of fused-ring (bicyclic) bond motifs is 1. The average molecular weight is 419 g/mol. The van der Waals surface area contributed by atoms with Crippen LogP contribution in [0.5, 0.6) is 0 Å². The molecule has 7 heteroatoms. The lowest BCUT2D eigenvalue weighted by Crippen LogP contribution is -2.16. The number of hydrogen-bond acceptors (Lipinski definition) is 4. The largest absolute Gasteiger partial charge is 0.322 e. The maximum absolute atomic E-state index is 13.9. The van der Waals surface area contributed by atoms with E-state index in [-0.39, 0.29) is 11.5 Å². The van der Waals surface area contributed by atoms with Crippen molar-refractivity contribution < 1.29 is 14.0 Å². The first kappa shape index (κ1) is 19.7. The minimum Gasteiger partial charge on any atom is -0.322 e. The Hall–Kier alpha value is -3.58. The molecule has 4 aromatic rings. The summed E-state index contributed by atoms with van der Waals surface area (Å²) >= 11 is 1.56. The lowest BCUT2D eigenvalue weighted by Gasteiger charge is -2.11. The molecule has 150 valence electrons. The molecule has 0 aliphatic rings. The van der Waals surface area contributed by atoms with Crippen LogP contribution in [0.3, 0.4) is 0 Å². The number of nitrogens with one attached hydrogen (secondary N) is 2. The summed E-state index contributed by atoms with van der Waals surface area (Å²) < 4.78 is 14.9. The van der Waals surface area contributed by atoms with Crippen LogP contribution in [0.15, 0.2) is 60.7 Å². The summed E-state index contributed by atoms with van der Waals surface area (Å²) in [6.07, 6.45) is 0. The Morgan fingerprint density at radius 3 is 2.53 bits per heavy atom. The molecule has 3 aromatic carbocycles. The molecule has 4 rings (SSSR count). The number of halogens is 1. The molecule has 0 bridgehead atoms. The first-order chi connectivity index (χ1) is 14.4. The van der Waals surface area contributed by atoms with Gasteiger partial charge in [0.1, 0.15) is 5.82 Å². The summed E-state index contributed by atoms with van der Waals surface area (Å²) in [5, 5.41) is 6.52. The normalized spacial score (nSPS) is 10.8. The first-order valence-corrected chi connectivity index (χ1v) is 10.1. The van der Waals surface area contributed by atoms with E-state index in [1.165, 1.54) is 18.2 Å². The highest BCUT2D eigenvalue weighted by atomic mass is 32.1. The standard InChI is InChI=1S/C23H18FN3O2S/c1-13-7-8-15(11-20(13)27-23(29)17-5-3-4-6-18(17)24)22(28)26-16-9-10-19-21(12-16)30-14(2)25-19/h3-12H,1-2H3,(H,26,28)(H,27,29). The molecule has 0 radical (unpaired) electrons. The van der Waals surface area contributed by atoms with Crippen LogP contribution >= 0.6 is 11.3 Å². The van der Waals surface area contributed by atoms with Gasteiger partial charge in [-0.05, 0) is 61.9 Å². The van der Waals surface area contributed by atoms with Crippen molar-refractivity contribution in [1.82, 2.24) is 4.98 Å². The van der Waals surface area contributed by atoms with Crippen LogP contribution < -0.4 is 10.6 Å². The third-order valence-corrected chi connectivity index (χ3v) is 5.55. The summed E-state index contributed by atoms with van der Waals surface area (Å²) in [4.78, 5) is 29.6. The van der Waals surface area contributed by atoms with E-state index in [0.717, 1.165) is 20.8 Å². The molecule has 1 heterocycles. The number of hydrogen-bond donors (Lipinski definition) is 2. The first-order valence-electron chi connectivity index (χ1n) is 9.26. The minimum absolute atomic E-state index is 0.0556. The highest BCUT2D eigenvalue weighted by Crippen LogP contribution is 2.25. The second kappa shape index (κ2) is 8.04. The molecule has 0 atom stereocenters. The molecule has 0 aliphatic heterocycles. The van der Waals surface area contributed by atoms with E-state index in [1.54, 1.807) is 48.6 Å². The predicted octanol–water partition coefficient (Wildman–Crippen LogP) is 5.56. The Bertz CT molecular complexity index is 1280. The Kier molecular flexibility index (Phi) is 5.29. The SMILES string of the molecule is Cc1nc2ccc(NC(=O)c3ccc(C)c(NC(=O)c4ccccc4F)c3)cc2s1. The van der Waals surface area contributed by atoms with Gasteiger partial charge in [0.25, 0.3) is 11.8 Å². The van der Waals surface area contributed by atoms with Crippen LogP contribution in [0.2, 0.25) is 0 Å². The fraction of sp³-hybridized carbons (Fsp3) is 0.0870. The molecule has 0 saturated heterocycles. The van der Waals surface area contributed by atoms with Crippen molar-refractivity contribution in [1.29, 1.82) is 0 Å². The molecule has 1 aromatic heterocycles. The van der Waals surface area contributed by atoms with Gasteiger partial charge in [0.2, 0.25) is 0 Å². The lowest BCUT2D eigenvalue weighted by atomic mass is 10.1. The molecular weight excluding hydrogens is 401 g/mol. The quantitative estimate of drug-likeness (QED) is 0.455. The number of rotatable bonds is 4. The van der Waals surface area contributed by atoms with Crippen molar-refractivity contribution >= 4 is 44.7 Å². The Balaban J connectivity index is 1.54. The number of anilines is 2. The highest BCUT2D eigenvalue weighted by molar-refractivity contribution is 7.18. The van der Waals surface area contributed by atoms with Gasteiger partial charge in [-0.3, -0.25) is 9.59 Å². The zero-order chi connectivity index (χ0) is 21.3. The molecule has 0 aliphatic carbocycles. The second-order valence-corrected chi connectivity index (χ2v) is 8.07. The molecule has 5 nitrogen and oxygen atoms in total. The van der Waals surface area contributed by atoms with Gasteiger partial charge in [-0.1, -0.05) is 18.2 Å². The average Bonchev–Trinajstić information content (AvgIpc) is 3.09. The van der Waals surface area contributed by atoms with Crippen LogP contribution in [-0.2, 0) is 0 Å². The van der Waals surface area contributed by atoms with Crippen molar-refractivity contribution in [2.24, 2.45) is 0 Å². The number of aromatic nitrogens is 1. The van der Waals surface area contributed by atoms with Crippen LogP contribution in [0.1, 0.15) is 31.3 Å². The van der Waals surface area contributed by atoms with Gasteiger partial charge >= 0.3 is 0 Å². The molecule has 0 spiro atoms. The van der Waals surface area contributed by atoms with E-state index in [2.05, 4.69) is 15.6 Å². The summed E-state index contributed by atoms with van der Waals surface area (Å²) in [7, 11) is 0. The number of aryl methyl sites for hydroxylation is 2. The van der Waals surface area contributed by atoms with Crippen molar-refractivity contribution in [2.75, 3.05) is 10.6 Å². The summed E-state index contributed by atoms with van der Waals surface area (Å²) in [6.45, 7) is 3.74. The van der Waals surface area contributed by atoms with Crippen LogP contribution in [0.4, 0.5) is 15.8 Å². The number of amides is 2. The van der Waals surface area contributed by atoms with Gasteiger partial charge in [-0.25, -0.2) is 9.37 Å². The van der Waals surface area contributed by atoms with Crippen molar-refractivity contribution in [3.05, 3.63) is 88.2 Å². The maximum atomic E-state index is 13.9.